The standard InChI is InChI=1S/C16H14N4O2.C7H8O/c1-17-15-18-8-12(9-19-15)6-5-11-3-2-4-13(7-11)14-10-22-16(21)20-14;1-8-7-5-3-2-4-6-7/h2-4,7-9,14H,10H2,1H3,(H,20,21)(H,17,18,19);2-6H,1H3/t14-;/m0./s1. The first-order valence-corrected chi connectivity index (χ1v) is 9.32. The molecule has 1 saturated heterocycles. The maximum atomic E-state index is 11.1. The van der Waals surface area contributed by atoms with E-state index in [2.05, 4.69) is 32.4 Å². The van der Waals surface area contributed by atoms with Gasteiger partial charge in [-0.05, 0) is 29.8 Å². The Labute approximate surface area is 175 Å². The number of hydrogen-bond donors (Lipinski definition) is 2. The van der Waals surface area contributed by atoms with E-state index in [0.717, 1.165) is 22.4 Å². The number of anilines is 1. The molecule has 1 atom stereocenters. The zero-order valence-corrected chi connectivity index (χ0v) is 16.8. The molecule has 7 nitrogen and oxygen atoms in total. The van der Waals surface area contributed by atoms with Crippen LogP contribution in [0.15, 0.2) is 67.0 Å². The van der Waals surface area contributed by atoms with Gasteiger partial charge in [0.25, 0.3) is 0 Å². The van der Waals surface area contributed by atoms with Crippen LogP contribution in [0.1, 0.15) is 22.7 Å². The Balaban J connectivity index is 0.000000269. The fourth-order valence-electron chi connectivity index (χ4n) is 2.62. The molecule has 1 fully saturated rings. The molecule has 2 heterocycles. The van der Waals surface area contributed by atoms with Crippen LogP contribution in [-0.4, -0.2) is 36.8 Å². The topological polar surface area (TPSA) is 85.4 Å². The number of nitrogens with zero attached hydrogens (tertiary/aromatic N) is 2. The third-order valence-corrected chi connectivity index (χ3v) is 4.17. The number of ether oxygens (including phenoxy) is 2. The summed E-state index contributed by atoms with van der Waals surface area (Å²) in [7, 11) is 3.42. The minimum Gasteiger partial charge on any atom is -0.497 e. The predicted molar refractivity (Wildman–Crippen MR) is 114 cm³/mol. The lowest BCUT2D eigenvalue weighted by molar-refractivity contribution is 0.177. The number of carbonyl (C=O) groups is 1. The number of amides is 1. The highest BCUT2D eigenvalue weighted by Gasteiger charge is 2.23. The minimum absolute atomic E-state index is 0.118. The van der Waals surface area contributed by atoms with Crippen molar-refractivity contribution >= 4 is 12.0 Å². The number of cyclic esters (lactones) is 1. The van der Waals surface area contributed by atoms with E-state index in [9.17, 15) is 4.79 Å². The second kappa shape index (κ2) is 10.5. The van der Waals surface area contributed by atoms with E-state index in [-0.39, 0.29) is 12.1 Å². The molecule has 0 unspecified atom stereocenters. The number of benzene rings is 2. The van der Waals surface area contributed by atoms with E-state index in [1.54, 1.807) is 26.6 Å². The second-order valence-corrected chi connectivity index (χ2v) is 6.23. The van der Waals surface area contributed by atoms with Gasteiger partial charge in [-0.3, -0.25) is 0 Å². The Bertz CT molecular complexity index is 1030. The van der Waals surface area contributed by atoms with Gasteiger partial charge in [0.1, 0.15) is 12.4 Å². The van der Waals surface area contributed by atoms with Crippen LogP contribution in [0.4, 0.5) is 10.7 Å². The zero-order valence-electron chi connectivity index (χ0n) is 16.8. The highest BCUT2D eigenvalue weighted by atomic mass is 16.6. The Kier molecular flexibility index (Phi) is 7.23. The Morgan fingerprint density at radius 1 is 1.07 bits per heavy atom. The largest absolute Gasteiger partial charge is 0.497 e. The van der Waals surface area contributed by atoms with Gasteiger partial charge in [0, 0.05) is 25.0 Å². The SMILES string of the molecule is CNc1ncc(C#Cc2cccc([C@@H]3COC(=O)N3)c2)cn1.COc1ccccc1. The smallest absolute Gasteiger partial charge is 0.407 e. The molecular formula is C23H22N4O3. The van der Waals surface area contributed by atoms with Gasteiger partial charge in [0.15, 0.2) is 0 Å². The van der Waals surface area contributed by atoms with Crippen molar-refractivity contribution in [3.63, 3.8) is 0 Å². The highest BCUT2D eigenvalue weighted by Crippen LogP contribution is 2.18. The molecule has 1 aromatic heterocycles. The maximum absolute atomic E-state index is 11.1. The first-order chi connectivity index (χ1) is 14.7. The number of rotatable bonds is 3. The molecule has 7 heteroatoms. The number of aromatic nitrogens is 2. The number of methoxy groups -OCH3 is 1. The lowest BCUT2D eigenvalue weighted by Crippen LogP contribution is -2.18. The predicted octanol–water partition coefficient (Wildman–Crippen LogP) is 3.39. The fraction of sp³-hybridized carbons (Fsp3) is 0.174. The Morgan fingerprint density at radius 3 is 2.40 bits per heavy atom. The molecule has 30 heavy (non-hydrogen) atoms. The lowest BCUT2D eigenvalue weighted by Gasteiger charge is -2.07. The number of carbonyl (C=O) groups excluding carboxylic acids is 1. The van der Waals surface area contributed by atoms with Crippen molar-refractivity contribution in [2.45, 2.75) is 6.04 Å². The van der Waals surface area contributed by atoms with Crippen LogP contribution in [0.3, 0.4) is 0 Å². The van der Waals surface area contributed by atoms with E-state index in [1.807, 2.05) is 54.6 Å². The number of para-hydroxylation sites is 1. The van der Waals surface area contributed by atoms with Gasteiger partial charge in [-0.2, -0.15) is 0 Å². The van der Waals surface area contributed by atoms with Crippen LogP contribution in [0.5, 0.6) is 5.75 Å². The van der Waals surface area contributed by atoms with Gasteiger partial charge in [-0.25, -0.2) is 14.8 Å². The van der Waals surface area contributed by atoms with Gasteiger partial charge in [-0.1, -0.05) is 42.2 Å². The molecule has 4 rings (SSSR count). The second-order valence-electron chi connectivity index (χ2n) is 6.23. The summed E-state index contributed by atoms with van der Waals surface area (Å²) in [6.07, 6.45) is 2.95. The lowest BCUT2D eigenvalue weighted by atomic mass is 10.1. The van der Waals surface area contributed by atoms with Crippen molar-refractivity contribution in [1.82, 2.24) is 15.3 Å². The molecule has 0 saturated carbocycles. The molecular weight excluding hydrogens is 380 g/mol. The van der Waals surface area contributed by atoms with Gasteiger partial charge in [-0.15, -0.1) is 0 Å². The van der Waals surface area contributed by atoms with Crippen LogP contribution in [0.2, 0.25) is 0 Å². The molecule has 3 aromatic rings. The molecule has 1 aliphatic rings. The Morgan fingerprint density at radius 2 is 1.80 bits per heavy atom. The van der Waals surface area contributed by atoms with Gasteiger partial charge < -0.3 is 20.1 Å². The molecule has 1 amide bonds. The van der Waals surface area contributed by atoms with Crippen molar-refractivity contribution in [3.05, 3.63) is 83.7 Å². The van der Waals surface area contributed by atoms with Crippen molar-refractivity contribution in [2.75, 3.05) is 26.1 Å². The maximum Gasteiger partial charge on any atom is 0.407 e. The summed E-state index contributed by atoms with van der Waals surface area (Å²) in [6, 6.07) is 17.3. The highest BCUT2D eigenvalue weighted by molar-refractivity contribution is 5.70. The Hall–Kier alpha value is -4.05. The molecule has 152 valence electrons. The quantitative estimate of drug-likeness (QED) is 0.653. The van der Waals surface area contributed by atoms with Crippen LogP contribution in [0.25, 0.3) is 0 Å². The van der Waals surface area contributed by atoms with E-state index < -0.39 is 0 Å². The van der Waals surface area contributed by atoms with Gasteiger partial charge in [0.05, 0.1) is 18.7 Å². The molecule has 0 aliphatic carbocycles. The van der Waals surface area contributed by atoms with Crippen molar-refractivity contribution in [1.29, 1.82) is 0 Å². The van der Waals surface area contributed by atoms with E-state index >= 15 is 0 Å². The van der Waals surface area contributed by atoms with Crippen molar-refractivity contribution in [3.8, 4) is 17.6 Å². The molecule has 0 bridgehead atoms. The van der Waals surface area contributed by atoms with Crippen LogP contribution in [-0.2, 0) is 4.74 Å². The number of nitrogens with one attached hydrogen (secondary N) is 2. The molecule has 2 N–H and O–H groups in total. The summed E-state index contributed by atoms with van der Waals surface area (Å²) in [5.74, 6) is 7.56. The average molecular weight is 402 g/mol. The fourth-order valence-corrected chi connectivity index (χ4v) is 2.62. The normalized spacial score (nSPS) is 14.2. The average Bonchev–Trinajstić information content (AvgIpc) is 3.25. The minimum atomic E-state index is -0.386. The van der Waals surface area contributed by atoms with E-state index in [0.29, 0.717) is 12.6 Å². The van der Waals surface area contributed by atoms with Gasteiger partial charge >= 0.3 is 6.09 Å². The van der Waals surface area contributed by atoms with Crippen molar-refractivity contribution in [2.24, 2.45) is 0 Å². The summed E-state index contributed by atoms with van der Waals surface area (Å²) in [6.45, 7) is 0.342. The number of alkyl carbamates (subject to hydrolysis) is 1. The van der Waals surface area contributed by atoms with E-state index in [1.165, 1.54) is 0 Å². The molecule has 0 spiro atoms. The summed E-state index contributed by atoms with van der Waals surface area (Å²) in [5, 5.41) is 5.60. The van der Waals surface area contributed by atoms with Crippen LogP contribution in [0, 0.1) is 11.8 Å². The summed E-state index contributed by atoms with van der Waals surface area (Å²) < 4.78 is 9.82. The monoisotopic (exact) mass is 402 g/mol. The summed E-state index contributed by atoms with van der Waals surface area (Å²) in [4.78, 5) is 19.3. The first kappa shape index (κ1) is 20.7. The molecule has 2 aromatic carbocycles. The molecule has 1 aliphatic heterocycles. The van der Waals surface area contributed by atoms with E-state index in [4.69, 9.17) is 9.47 Å². The number of hydrogen-bond acceptors (Lipinski definition) is 6. The zero-order chi connectivity index (χ0) is 21.2. The first-order valence-electron chi connectivity index (χ1n) is 9.32. The summed E-state index contributed by atoms with van der Waals surface area (Å²) >= 11 is 0. The van der Waals surface area contributed by atoms with Gasteiger partial charge in [0.2, 0.25) is 5.95 Å². The van der Waals surface area contributed by atoms with Crippen LogP contribution < -0.4 is 15.4 Å². The van der Waals surface area contributed by atoms with Crippen molar-refractivity contribution < 1.29 is 14.3 Å². The molecule has 0 radical (unpaired) electrons. The summed E-state index contributed by atoms with van der Waals surface area (Å²) in [5.41, 5.74) is 2.57. The third kappa shape index (κ3) is 5.97. The third-order valence-electron chi connectivity index (χ3n) is 4.17. The van der Waals surface area contributed by atoms with Crippen LogP contribution >= 0.6 is 0 Å².